The van der Waals surface area contributed by atoms with Crippen LogP contribution >= 0.6 is 144 Å². The van der Waals surface area contributed by atoms with E-state index in [9.17, 15) is 0 Å². The summed E-state index contributed by atoms with van der Waals surface area (Å²) < 4.78 is 0. The standard InChI is InChI=1S/6HI.Mo/h6*1H;. The van der Waals surface area contributed by atoms with E-state index in [0.29, 0.717) is 0 Å². The van der Waals surface area contributed by atoms with Crippen molar-refractivity contribution in [3.63, 3.8) is 0 Å². The normalized spacial score (nSPS) is 0. The Kier molecular flexibility index (Phi) is 359. The molecule has 0 atom stereocenters. The topological polar surface area (TPSA) is 0 Å². The van der Waals surface area contributed by atoms with Gasteiger partial charge in [0, 0.05) is 21.1 Å². The molecular formula is H6I6Mo. The van der Waals surface area contributed by atoms with Crippen molar-refractivity contribution in [1.29, 1.82) is 0 Å². The molecule has 0 aliphatic carbocycles. The smallest absolute Gasteiger partial charge is 0 e. The minimum absolute atomic E-state index is 0. The first kappa shape index (κ1) is 57.6. The van der Waals surface area contributed by atoms with E-state index in [1.165, 1.54) is 0 Å². The van der Waals surface area contributed by atoms with Crippen LogP contribution in [0.1, 0.15) is 0 Å². The maximum Gasteiger partial charge on any atom is 0 e. The van der Waals surface area contributed by atoms with Gasteiger partial charge >= 0.3 is 0 Å². The largest absolute Gasteiger partial charge is 0.107 e. The molecule has 0 fully saturated rings. The average molecular weight is 863 g/mol. The summed E-state index contributed by atoms with van der Waals surface area (Å²) in [5.74, 6) is 0. The summed E-state index contributed by atoms with van der Waals surface area (Å²) in [5, 5.41) is 0. The molecule has 0 amide bonds. The van der Waals surface area contributed by atoms with E-state index in [2.05, 4.69) is 0 Å². The predicted octanol–water partition coefficient (Wildman–Crippen LogP) is 3.71. The summed E-state index contributed by atoms with van der Waals surface area (Å²) in [5.41, 5.74) is 0. The van der Waals surface area contributed by atoms with Crippen LogP contribution in [0.2, 0.25) is 0 Å². The van der Waals surface area contributed by atoms with Gasteiger partial charge in [-0.25, -0.2) is 0 Å². The van der Waals surface area contributed by atoms with Gasteiger partial charge in [0.1, 0.15) is 0 Å². The van der Waals surface area contributed by atoms with E-state index < -0.39 is 0 Å². The molecule has 0 heterocycles. The zero-order valence-corrected chi connectivity index (χ0v) is 18.8. The van der Waals surface area contributed by atoms with E-state index in [1.807, 2.05) is 0 Å². The minimum Gasteiger partial charge on any atom is -0.107 e. The number of hydrogen-bond acceptors (Lipinski definition) is 0. The summed E-state index contributed by atoms with van der Waals surface area (Å²) in [6, 6.07) is 0. The Bertz CT molecular complexity index is 4.14. The Hall–Kier alpha value is 5.07. The molecule has 0 saturated carbocycles. The summed E-state index contributed by atoms with van der Waals surface area (Å²) in [6.45, 7) is 0. The van der Waals surface area contributed by atoms with Crippen LogP contribution in [0.4, 0.5) is 0 Å². The van der Waals surface area contributed by atoms with Gasteiger partial charge in [-0.3, -0.25) is 0 Å². The first-order valence-electron chi connectivity index (χ1n) is 0. The van der Waals surface area contributed by atoms with Gasteiger partial charge in [0.2, 0.25) is 0 Å². The minimum atomic E-state index is 0. The molecule has 0 aromatic heterocycles. The Morgan fingerprint density at radius 3 is 0.286 bits per heavy atom. The average Bonchev–Trinajstić information content (AvgIpc) is 0. The monoisotopic (exact) mass is 865 g/mol. The maximum absolute atomic E-state index is 0. The Labute approximate surface area is 161 Å². The number of halogens is 6. The molecule has 0 aliphatic heterocycles. The molecule has 0 bridgehead atoms. The van der Waals surface area contributed by atoms with Crippen LogP contribution in [-0.2, 0) is 21.1 Å². The molecule has 0 rings (SSSR count). The van der Waals surface area contributed by atoms with Crippen molar-refractivity contribution >= 4 is 144 Å². The molecule has 0 nitrogen and oxygen atoms in total. The molecule has 0 aromatic carbocycles. The Balaban J connectivity index is 0. The second-order valence-electron chi connectivity index (χ2n) is 0. The van der Waals surface area contributed by atoms with Gasteiger partial charge in [-0.2, -0.15) is 0 Å². The van der Waals surface area contributed by atoms with Crippen molar-refractivity contribution in [1.82, 2.24) is 0 Å². The van der Waals surface area contributed by atoms with Crippen LogP contribution in [0.25, 0.3) is 0 Å². The quantitative estimate of drug-likeness (QED) is 0.258. The summed E-state index contributed by atoms with van der Waals surface area (Å²) in [4.78, 5) is 0. The van der Waals surface area contributed by atoms with Crippen molar-refractivity contribution in [2.24, 2.45) is 0 Å². The number of hydrogen-bond donors (Lipinski definition) is 0. The molecule has 7 heteroatoms. The fourth-order valence-electron chi connectivity index (χ4n) is 0. The zero-order chi connectivity index (χ0) is 0. The number of rotatable bonds is 0. The molecule has 0 unspecified atom stereocenters. The molecule has 0 N–H and O–H groups in total. The third-order valence-electron chi connectivity index (χ3n) is 0. The van der Waals surface area contributed by atoms with Crippen LogP contribution in [-0.4, -0.2) is 0 Å². The molecule has 0 aromatic rings. The van der Waals surface area contributed by atoms with Gasteiger partial charge in [-0.05, 0) is 0 Å². The third-order valence-corrected chi connectivity index (χ3v) is 0. The second-order valence-corrected chi connectivity index (χ2v) is 0. The SMILES string of the molecule is I.I.I.I.I.I.[Mo]. The maximum atomic E-state index is 0. The summed E-state index contributed by atoms with van der Waals surface area (Å²) in [6.07, 6.45) is 0. The van der Waals surface area contributed by atoms with Crippen LogP contribution < -0.4 is 0 Å². The van der Waals surface area contributed by atoms with Gasteiger partial charge in [0.05, 0.1) is 0 Å². The van der Waals surface area contributed by atoms with E-state index in [0.717, 1.165) is 0 Å². The predicted molar refractivity (Wildman–Crippen MR) is 92.5 cm³/mol. The molecule has 0 saturated heterocycles. The second kappa shape index (κ2) is 43.7. The first-order chi connectivity index (χ1) is 0. The zero-order valence-electron chi connectivity index (χ0n) is 2.86. The van der Waals surface area contributed by atoms with Crippen LogP contribution in [0.5, 0.6) is 0 Å². The van der Waals surface area contributed by atoms with Gasteiger partial charge in [-0.15, -0.1) is 144 Å². The Morgan fingerprint density at radius 1 is 0.286 bits per heavy atom. The van der Waals surface area contributed by atoms with Crippen molar-refractivity contribution in [2.45, 2.75) is 0 Å². The Morgan fingerprint density at radius 2 is 0.286 bits per heavy atom. The molecule has 7 heavy (non-hydrogen) atoms. The van der Waals surface area contributed by atoms with Gasteiger partial charge in [0.15, 0.2) is 0 Å². The molecule has 0 spiro atoms. The molecular weight excluding hydrogens is 857 g/mol. The molecule has 54 valence electrons. The van der Waals surface area contributed by atoms with Crippen molar-refractivity contribution in [3.8, 4) is 0 Å². The summed E-state index contributed by atoms with van der Waals surface area (Å²) in [7, 11) is 0. The van der Waals surface area contributed by atoms with Crippen molar-refractivity contribution in [2.75, 3.05) is 0 Å². The van der Waals surface area contributed by atoms with Crippen molar-refractivity contribution < 1.29 is 21.1 Å². The van der Waals surface area contributed by atoms with E-state index in [4.69, 9.17) is 0 Å². The van der Waals surface area contributed by atoms with Crippen LogP contribution in [0.15, 0.2) is 0 Å². The van der Waals surface area contributed by atoms with Crippen LogP contribution in [0.3, 0.4) is 0 Å². The summed E-state index contributed by atoms with van der Waals surface area (Å²) >= 11 is 0. The van der Waals surface area contributed by atoms with Gasteiger partial charge in [-0.1, -0.05) is 0 Å². The fraction of sp³-hybridized carbons (Fsp3) is 0. The molecule has 0 aliphatic rings. The first-order valence-corrected chi connectivity index (χ1v) is 0. The van der Waals surface area contributed by atoms with E-state index in [-0.39, 0.29) is 165 Å². The van der Waals surface area contributed by atoms with Gasteiger partial charge < -0.3 is 0 Å². The molecule has 0 radical (unpaired) electrons. The fourth-order valence-corrected chi connectivity index (χ4v) is 0. The van der Waals surface area contributed by atoms with E-state index in [1.54, 1.807) is 0 Å². The van der Waals surface area contributed by atoms with E-state index >= 15 is 0 Å². The van der Waals surface area contributed by atoms with Gasteiger partial charge in [0.25, 0.3) is 0 Å². The van der Waals surface area contributed by atoms with Crippen LogP contribution in [0, 0.1) is 0 Å². The third kappa shape index (κ3) is 35.4. The van der Waals surface area contributed by atoms with Crippen molar-refractivity contribution in [3.05, 3.63) is 0 Å².